The Morgan fingerprint density at radius 2 is 2.08 bits per heavy atom. The average Bonchev–Trinajstić information content (AvgIpc) is 2.71. The van der Waals surface area contributed by atoms with Crippen molar-refractivity contribution in [2.24, 2.45) is 0 Å². The summed E-state index contributed by atoms with van der Waals surface area (Å²) in [4.78, 5) is 8.12. The molecule has 0 spiro atoms. The lowest BCUT2D eigenvalue weighted by atomic mass is 10.4. The van der Waals surface area contributed by atoms with Gasteiger partial charge >= 0.3 is 0 Å². The number of hydrogen-bond donors (Lipinski definition) is 0. The summed E-state index contributed by atoms with van der Waals surface area (Å²) in [6.07, 6.45) is 4.79. The fourth-order valence-corrected chi connectivity index (χ4v) is 0.955. The normalized spacial score (nSPS) is 9.92. The standard InChI is InChI=1S/C9H8N2O2/c1-12-7-5-10-9(11-6-7)8-3-2-4-13-8/h2-6H,1H3. The van der Waals surface area contributed by atoms with Crippen molar-refractivity contribution in [1.82, 2.24) is 9.97 Å². The highest BCUT2D eigenvalue weighted by Crippen LogP contribution is 2.15. The van der Waals surface area contributed by atoms with Crippen molar-refractivity contribution in [1.29, 1.82) is 0 Å². The molecule has 0 amide bonds. The Morgan fingerprint density at radius 1 is 1.31 bits per heavy atom. The lowest BCUT2D eigenvalue weighted by molar-refractivity contribution is 0.410. The third-order valence-corrected chi connectivity index (χ3v) is 1.61. The van der Waals surface area contributed by atoms with Crippen LogP contribution in [0.4, 0.5) is 0 Å². The lowest BCUT2D eigenvalue weighted by Crippen LogP contribution is -1.89. The van der Waals surface area contributed by atoms with E-state index in [0.717, 1.165) is 0 Å². The molecule has 0 radical (unpaired) electrons. The summed E-state index contributed by atoms with van der Waals surface area (Å²) < 4.78 is 10.1. The molecule has 4 nitrogen and oxygen atoms in total. The highest BCUT2D eigenvalue weighted by atomic mass is 16.5. The predicted octanol–water partition coefficient (Wildman–Crippen LogP) is 1.75. The van der Waals surface area contributed by atoms with E-state index in [4.69, 9.17) is 9.15 Å². The van der Waals surface area contributed by atoms with Gasteiger partial charge in [0.15, 0.2) is 17.3 Å². The van der Waals surface area contributed by atoms with Crippen molar-refractivity contribution in [3.8, 4) is 17.3 Å². The van der Waals surface area contributed by atoms with Gasteiger partial charge in [-0.2, -0.15) is 0 Å². The molecule has 0 saturated carbocycles. The topological polar surface area (TPSA) is 48.2 Å². The van der Waals surface area contributed by atoms with E-state index in [1.54, 1.807) is 31.8 Å². The number of hydrogen-bond acceptors (Lipinski definition) is 4. The summed E-state index contributed by atoms with van der Waals surface area (Å²) >= 11 is 0. The first kappa shape index (κ1) is 7.79. The van der Waals surface area contributed by atoms with Crippen LogP contribution < -0.4 is 4.74 Å². The van der Waals surface area contributed by atoms with Gasteiger partial charge in [-0.05, 0) is 12.1 Å². The van der Waals surface area contributed by atoms with Crippen LogP contribution in [-0.2, 0) is 0 Å². The summed E-state index contributed by atoms with van der Waals surface area (Å²) in [7, 11) is 1.57. The minimum atomic E-state index is 0.561. The second-order valence-electron chi connectivity index (χ2n) is 2.42. The van der Waals surface area contributed by atoms with Gasteiger partial charge in [0.2, 0.25) is 0 Å². The van der Waals surface area contributed by atoms with Crippen LogP contribution in [0.2, 0.25) is 0 Å². The molecule has 0 aliphatic rings. The van der Waals surface area contributed by atoms with Gasteiger partial charge in [-0.15, -0.1) is 0 Å². The van der Waals surface area contributed by atoms with E-state index in [1.807, 2.05) is 6.07 Å². The second kappa shape index (κ2) is 3.26. The third-order valence-electron chi connectivity index (χ3n) is 1.61. The number of methoxy groups -OCH3 is 1. The molecule has 0 atom stereocenters. The summed E-state index contributed by atoms with van der Waals surface area (Å²) in [6, 6.07) is 3.60. The number of ether oxygens (including phenoxy) is 1. The molecule has 2 heterocycles. The van der Waals surface area contributed by atoms with Crippen LogP contribution in [0, 0.1) is 0 Å². The third kappa shape index (κ3) is 1.51. The average molecular weight is 176 g/mol. The molecule has 2 aromatic rings. The first-order chi connectivity index (χ1) is 6.40. The van der Waals surface area contributed by atoms with Crippen LogP contribution in [-0.4, -0.2) is 17.1 Å². The van der Waals surface area contributed by atoms with E-state index in [1.165, 1.54) is 0 Å². The van der Waals surface area contributed by atoms with Gasteiger partial charge in [0, 0.05) is 0 Å². The maximum Gasteiger partial charge on any atom is 0.195 e. The van der Waals surface area contributed by atoms with Gasteiger partial charge in [0.25, 0.3) is 0 Å². The molecular weight excluding hydrogens is 168 g/mol. The molecule has 0 aromatic carbocycles. The fourth-order valence-electron chi connectivity index (χ4n) is 0.955. The first-order valence-electron chi connectivity index (χ1n) is 3.80. The molecule has 2 rings (SSSR count). The van der Waals surface area contributed by atoms with Crippen molar-refractivity contribution in [3.05, 3.63) is 30.8 Å². The number of aromatic nitrogens is 2. The Labute approximate surface area is 75.2 Å². The number of rotatable bonds is 2. The van der Waals surface area contributed by atoms with Gasteiger partial charge < -0.3 is 9.15 Å². The van der Waals surface area contributed by atoms with E-state index >= 15 is 0 Å². The summed E-state index contributed by atoms with van der Waals surface area (Å²) in [5.41, 5.74) is 0. The first-order valence-corrected chi connectivity index (χ1v) is 3.80. The SMILES string of the molecule is COc1cnc(-c2ccco2)nc1. The van der Waals surface area contributed by atoms with Crippen LogP contribution in [0.3, 0.4) is 0 Å². The van der Waals surface area contributed by atoms with Crippen molar-refractivity contribution < 1.29 is 9.15 Å². The predicted molar refractivity (Wildman–Crippen MR) is 46.3 cm³/mol. The van der Waals surface area contributed by atoms with E-state index in [0.29, 0.717) is 17.3 Å². The summed E-state index contributed by atoms with van der Waals surface area (Å²) in [5, 5.41) is 0. The smallest absolute Gasteiger partial charge is 0.195 e. The molecule has 0 unspecified atom stereocenters. The molecule has 13 heavy (non-hydrogen) atoms. The Hall–Kier alpha value is -1.84. The number of furan rings is 1. The highest BCUT2D eigenvalue weighted by Gasteiger charge is 2.02. The van der Waals surface area contributed by atoms with E-state index in [9.17, 15) is 0 Å². The van der Waals surface area contributed by atoms with Gasteiger partial charge in [-0.1, -0.05) is 0 Å². The summed E-state index contributed by atoms with van der Waals surface area (Å²) in [5.74, 6) is 1.85. The Bertz CT molecular complexity index is 367. The molecular formula is C9H8N2O2. The highest BCUT2D eigenvalue weighted by molar-refractivity contribution is 5.45. The van der Waals surface area contributed by atoms with Crippen LogP contribution in [0.15, 0.2) is 35.2 Å². The van der Waals surface area contributed by atoms with Gasteiger partial charge in [-0.3, -0.25) is 0 Å². The second-order valence-corrected chi connectivity index (χ2v) is 2.42. The zero-order chi connectivity index (χ0) is 9.10. The van der Waals surface area contributed by atoms with E-state index in [-0.39, 0.29) is 0 Å². The minimum absolute atomic E-state index is 0.561. The zero-order valence-corrected chi connectivity index (χ0v) is 7.10. The Morgan fingerprint density at radius 3 is 2.62 bits per heavy atom. The molecule has 0 saturated heterocycles. The molecule has 0 aliphatic carbocycles. The summed E-state index contributed by atoms with van der Waals surface area (Å²) in [6.45, 7) is 0. The van der Waals surface area contributed by atoms with Crippen LogP contribution in [0.1, 0.15) is 0 Å². The molecule has 0 N–H and O–H groups in total. The van der Waals surface area contributed by atoms with Gasteiger partial charge in [-0.25, -0.2) is 9.97 Å². The zero-order valence-electron chi connectivity index (χ0n) is 7.10. The molecule has 66 valence electrons. The quantitative estimate of drug-likeness (QED) is 0.699. The Kier molecular flexibility index (Phi) is 1.96. The number of nitrogens with zero attached hydrogens (tertiary/aromatic N) is 2. The largest absolute Gasteiger partial charge is 0.494 e. The minimum Gasteiger partial charge on any atom is -0.494 e. The van der Waals surface area contributed by atoms with Gasteiger partial charge in [0.05, 0.1) is 25.8 Å². The van der Waals surface area contributed by atoms with Crippen molar-refractivity contribution in [2.45, 2.75) is 0 Å². The van der Waals surface area contributed by atoms with Crippen LogP contribution in [0.25, 0.3) is 11.6 Å². The Balaban J connectivity index is 2.33. The van der Waals surface area contributed by atoms with E-state index < -0.39 is 0 Å². The lowest BCUT2D eigenvalue weighted by Gasteiger charge is -1.98. The maximum absolute atomic E-state index is 5.13. The van der Waals surface area contributed by atoms with Crippen molar-refractivity contribution in [2.75, 3.05) is 7.11 Å². The van der Waals surface area contributed by atoms with Crippen LogP contribution in [0.5, 0.6) is 5.75 Å². The van der Waals surface area contributed by atoms with Gasteiger partial charge in [0.1, 0.15) is 0 Å². The fraction of sp³-hybridized carbons (Fsp3) is 0.111. The maximum atomic E-state index is 5.13. The molecule has 4 heteroatoms. The molecule has 2 aromatic heterocycles. The monoisotopic (exact) mass is 176 g/mol. The van der Waals surface area contributed by atoms with Crippen molar-refractivity contribution >= 4 is 0 Å². The van der Waals surface area contributed by atoms with E-state index in [2.05, 4.69) is 9.97 Å². The molecule has 0 aliphatic heterocycles. The van der Waals surface area contributed by atoms with Crippen LogP contribution >= 0.6 is 0 Å². The molecule has 0 fully saturated rings. The molecule has 0 bridgehead atoms. The van der Waals surface area contributed by atoms with Crippen molar-refractivity contribution in [3.63, 3.8) is 0 Å².